The van der Waals surface area contributed by atoms with Crippen molar-refractivity contribution in [1.82, 2.24) is 15.1 Å². The van der Waals surface area contributed by atoms with Crippen molar-refractivity contribution >= 4 is 11.6 Å². The zero-order valence-corrected chi connectivity index (χ0v) is 13.0. The van der Waals surface area contributed by atoms with Crippen molar-refractivity contribution in [3.05, 3.63) is 46.2 Å². The van der Waals surface area contributed by atoms with Gasteiger partial charge < -0.3 is 10.1 Å². The highest BCUT2D eigenvalue weighted by atomic mass is 35.5. The molecule has 0 aliphatic heterocycles. The Bertz CT molecular complexity index is 595. The number of rotatable bonds is 5. The van der Waals surface area contributed by atoms with Crippen molar-refractivity contribution in [1.29, 1.82) is 0 Å². The molecule has 1 atom stereocenters. The van der Waals surface area contributed by atoms with Gasteiger partial charge in [-0.3, -0.25) is 4.68 Å². The zero-order chi connectivity index (χ0) is 14.7. The van der Waals surface area contributed by atoms with Crippen molar-refractivity contribution in [2.24, 2.45) is 7.05 Å². The van der Waals surface area contributed by atoms with Crippen LogP contribution in [0.3, 0.4) is 0 Å². The first-order chi connectivity index (χ1) is 9.54. The van der Waals surface area contributed by atoms with Gasteiger partial charge in [0, 0.05) is 24.2 Å². The summed E-state index contributed by atoms with van der Waals surface area (Å²) in [5, 5.41) is 8.14. The Morgan fingerprint density at radius 1 is 1.40 bits per heavy atom. The average Bonchev–Trinajstić information content (AvgIpc) is 2.70. The molecule has 108 valence electrons. The van der Waals surface area contributed by atoms with Gasteiger partial charge in [-0.05, 0) is 27.0 Å². The predicted octanol–water partition coefficient (Wildman–Crippen LogP) is 3.24. The number of nitrogens with one attached hydrogen (secondary N) is 1. The Hall–Kier alpha value is -1.52. The first-order valence-electron chi connectivity index (χ1n) is 6.61. The fourth-order valence-corrected chi connectivity index (χ4v) is 2.34. The predicted molar refractivity (Wildman–Crippen MR) is 81.2 cm³/mol. The normalized spacial score (nSPS) is 12.4. The van der Waals surface area contributed by atoms with Crippen LogP contribution in [0.2, 0.25) is 5.15 Å². The largest absolute Gasteiger partial charge is 0.488 e. The van der Waals surface area contributed by atoms with Gasteiger partial charge >= 0.3 is 0 Å². The van der Waals surface area contributed by atoms with Crippen molar-refractivity contribution < 1.29 is 4.74 Å². The molecular weight excluding hydrogens is 274 g/mol. The summed E-state index contributed by atoms with van der Waals surface area (Å²) in [5.41, 5.74) is 2.96. The first kappa shape index (κ1) is 14.9. The van der Waals surface area contributed by atoms with E-state index >= 15 is 0 Å². The Kier molecular flexibility index (Phi) is 4.68. The van der Waals surface area contributed by atoms with Gasteiger partial charge in [0.2, 0.25) is 0 Å². The summed E-state index contributed by atoms with van der Waals surface area (Å²) in [6.45, 7) is 4.46. The summed E-state index contributed by atoms with van der Waals surface area (Å²) in [6, 6.07) is 8.26. The van der Waals surface area contributed by atoms with Gasteiger partial charge in [0.05, 0.1) is 5.69 Å². The van der Waals surface area contributed by atoms with Crippen molar-refractivity contribution in [2.45, 2.75) is 26.5 Å². The Labute approximate surface area is 124 Å². The van der Waals surface area contributed by atoms with E-state index in [4.69, 9.17) is 16.3 Å². The lowest BCUT2D eigenvalue weighted by Gasteiger charge is -2.16. The molecule has 0 saturated carbocycles. The molecule has 20 heavy (non-hydrogen) atoms. The second-order valence-corrected chi connectivity index (χ2v) is 5.17. The maximum atomic E-state index is 6.22. The van der Waals surface area contributed by atoms with Crippen LogP contribution in [-0.4, -0.2) is 16.8 Å². The molecule has 2 rings (SSSR count). The fourth-order valence-electron chi connectivity index (χ4n) is 2.11. The third-order valence-electron chi connectivity index (χ3n) is 3.46. The van der Waals surface area contributed by atoms with E-state index in [1.165, 1.54) is 0 Å². The minimum atomic E-state index is 0.233. The number of ether oxygens (including phenoxy) is 1. The molecule has 4 nitrogen and oxygen atoms in total. The minimum absolute atomic E-state index is 0.233. The SMILES string of the molecule is CNC(C)c1ccccc1OCc1c(C)nn(C)c1Cl. The number of para-hydroxylation sites is 1. The lowest BCUT2D eigenvalue weighted by atomic mass is 10.1. The molecule has 2 aromatic rings. The molecule has 1 aromatic carbocycles. The molecule has 5 heteroatoms. The second kappa shape index (κ2) is 6.29. The maximum Gasteiger partial charge on any atom is 0.133 e. The van der Waals surface area contributed by atoms with E-state index in [0.717, 1.165) is 22.6 Å². The lowest BCUT2D eigenvalue weighted by Crippen LogP contribution is -2.13. The molecule has 0 fully saturated rings. The summed E-state index contributed by atoms with van der Waals surface area (Å²) >= 11 is 6.22. The molecular formula is C15H20ClN3O. The van der Waals surface area contributed by atoms with E-state index in [0.29, 0.717) is 11.8 Å². The molecule has 0 radical (unpaired) electrons. The Balaban J connectivity index is 2.19. The highest BCUT2D eigenvalue weighted by Crippen LogP contribution is 2.27. The lowest BCUT2D eigenvalue weighted by molar-refractivity contribution is 0.299. The van der Waals surface area contributed by atoms with Gasteiger partial charge in [-0.25, -0.2) is 0 Å². The third kappa shape index (κ3) is 2.97. The van der Waals surface area contributed by atoms with Crippen LogP contribution in [0.15, 0.2) is 24.3 Å². The van der Waals surface area contributed by atoms with Crippen LogP contribution >= 0.6 is 11.6 Å². The fraction of sp³-hybridized carbons (Fsp3) is 0.400. The number of hydrogen-bond donors (Lipinski definition) is 1. The van der Waals surface area contributed by atoms with E-state index < -0.39 is 0 Å². The molecule has 0 aliphatic rings. The van der Waals surface area contributed by atoms with Gasteiger partial charge in [0.15, 0.2) is 0 Å². The number of nitrogens with zero attached hydrogens (tertiary/aromatic N) is 2. The molecule has 1 heterocycles. The molecule has 1 aromatic heterocycles. The van der Waals surface area contributed by atoms with E-state index in [1.807, 2.05) is 39.2 Å². The maximum absolute atomic E-state index is 6.22. The van der Waals surface area contributed by atoms with Gasteiger partial charge in [-0.2, -0.15) is 5.10 Å². The monoisotopic (exact) mass is 293 g/mol. The topological polar surface area (TPSA) is 39.1 Å². The van der Waals surface area contributed by atoms with Crippen molar-refractivity contribution in [3.8, 4) is 5.75 Å². The molecule has 0 aliphatic carbocycles. The number of aromatic nitrogens is 2. The minimum Gasteiger partial charge on any atom is -0.488 e. The van der Waals surface area contributed by atoms with Crippen molar-refractivity contribution in [2.75, 3.05) is 7.05 Å². The molecule has 1 unspecified atom stereocenters. The molecule has 0 spiro atoms. The van der Waals surface area contributed by atoms with E-state index in [2.05, 4.69) is 23.4 Å². The molecule has 0 bridgehead atoms. The summed E-state index contributed by atoms with van der Waals surface area (Å²) in [7, 11) is 3.76. The summed E-state index contributed by atoms with van der Waals surface area (Å²) in [4.78, 5) is 0. The van der Waals surface area contributed by atoms with Crippen LogP contribution in [0.5, 0.6) is 5.75 Å². The standard InChI is InChI=1S/C15H20ClN3O/c1-10(17-3)12-7-5-6-8-14(12)20-9-13-11(2)18-19(4)15(13)16/h5-8,10,17H,9H2,1-4H3. The molecule has 0 amide bonds. The molecule has 0 saturated heterocycles. The Morgan fingerprint density at radius 3 is 2.70 bits per heavy atom. The van der Waals surface area contributed by atoms with Crippen LogP contribution in [0.25, 0.3) is 0 Å². The van der Waals surface area contributed by atoms with Gasteiger partial charge in [0.1, 0.15) is 17.5 Å². The van der Waals surface area contributed by atoms with E-state index in [1.54, 1.807) is 4.68 Å². The third-order valence-corrected chi connectivity index (χ3v) is 3.93. The van der Waals surface area contributed by atoms with E-state index in [9.17, 15) is 0 Å². The Morgan fingerprint density at radius 2 is 2.10 bits per heavy atom. The second-order valence-electron chi connectivity index (χ2n) is 4.82. The number of benzene rings is 1. The summed E-state index contributed by atoms with van der Waals surface area (Å²) < 4.78 is 7.61. The quantitative estimate of drug-likeness (QED) is 0.920. The van der Waals surface area contributed by atoms with Crippen LogP contribution in [-0.2, 0) is 13.7 Å². The number of halogens is 1. The average molecular weight is 294 g/mol. The highest BCUT2D eigenvalue weighted by Gasteiger charge is 2.14. The number of aryl methyl sites for hydroxylation is 2. The van der Waals surface area contributed by atoms with Crippen LogP contribution in [0.4, 0.5) is 0 Å². The summed E-state index contributed by atoms with van der Waals surface area (Å²) in [5.74, 6) is 0.869. The smallest absolute Gasteiger partial charge is 0.133 e. The summed E-state index contributed by atoms with van der Waals surface area (Å²) in [6.07, 6.45) is 0. The van der Waals surface area contributed by atoms with E-state index in [-0.39, 0.29) is 6.04 Å². The number of hydrogen-bond acceptors (Lipinski definition) is 3. The van der Waals surface area contributed by atoms with Crippen LogP contribution < -0.4 is 10.1 Å². The van der Waals surface area contributed by atoms with Crippen molar-refractivity contribution in [3.63, 3.8) is 0 Å². The molecule has 1 N–H and O–H groups in total. The van der Waals surface area contributed by atoms with Gasteiger partial charge in [-0.15, -0.1) is 0 Å². The van der Waals surface area contributed by atoms with Gasteiger partial charge in [-0.1, -0.05) is 29.8 Å². The highest BCUT2D eigenvalue weighted by molar-refractivity contribution is 6.30. The zero-order valence-electron chi connectivity index (χ0n) is 12.3. The first-order valence-corrected chi connectivity index (χ1v) is 6.99. The van der Waals surface area contributed by atoms with Crippen LogP contribution in [0, 0.1) is 6.92 Å². The van der Waals surface area contributed by atoms with Gasteiger partial charge in [0.25, 0.3) is 0 Å². The van der Waals surface area contributed by atoms with Crippen LogP contribution in [0.1, 0.15) is 29.8 Å².